The Bertz CT molecular complexity index is 673. The molecule has 1 aromatic carbocycles. The van der Waals surface area contributed by atoms with Crippen molar-refractivity contribution in [2.45, 2.75) is 6.54 Å². The Morgan fingerprint density at radius 2 is 2.20 bits per heavy atom. The number of nitrogens with one attached hydrogen (secondary N) is 1. The van der Waals surface area contributed by atoms with Crippen molar-refractivity contribution >= 4 is 33.5 Å². The number of hydrogen-bond donors (Lipinski definition) is 2. The van der Waals surface area contributed by atoms with Gasteiger partial charge in [0.1, 0.15) is 12.4 Å². The number of hydrogen-bond acceptors (Lipinski definition) is 4. The summed E-state index contributed by atoms with van der Waals surface area (Å²) in [5.74, 6) is -2.11. The van der Waals surface area contributed by atoms with Gasteiger partial charge in [0.25, 0.3) is 5.91 Å². The van der Waals surface area contributed by atoms with Gasteiger partial charge >= 0.3 is 5.97 Å². The molecule has 7 nitrogen and oxygen atoms in total. The lowest BCUT2D eigenvalue weighted by atomic mass is 10.3. The number of carbonyl (C=O) groups excluding carboxylic acids is 1. The molecule has 0 fully saturated rings. The summed E-state index contributed by atoms with van der Waals surface area (Å²) in [6.45, 7) is -0.388. The number of anilines is 1. The number of nitrogens with zero attached hydrogens (tertiary/aromatic N) is 3. The second-order valence-corrected chi connectivity index (χ2v) is 4.63. The van der Waals surface area contributed by atoms with Gasteiger partial charge in [-0.05, 0) is 34.1 Å². The first kappa shape index (κ1) is 14.1. The second kappa shape index (κ2) is 5.78. The molecule has 0 spiro atoms. The van der Waals surface area contributed by atoms with E-state index in [-0.39, 0.29) is 12.2 Å². The number of amides is 1. The average molecular weight is 343 g/mol. The molecule has 0 aliphatic rings. The molecule has 0 aliphatic heterocycles. The number of halogens is 2. The van der Waals surface area contributed by atoms with Crippen LogP contribution in [-0.4, -0.2) is 32.0 Å². The van der Waals surface area contributed by atoms with Crippen LogP contribution in [0.2, 0.25) is 0 Å². The van der Waals surface area contributed by atoms with Crippen LogP contribution in [0.3, 0.4) is 0 Å². The number of aromatic nitrogens is 3. The zero-order valence-electron chi connectivity index (χ0n) is 9.88. The van der Waals surface area contributed by atoms with Crippen LogP contribution in [0.4, 0.5) is 10.1 Å². The van der Waals surface area contributed by atoms with Crippen LogP contribution in [0.5, 0.6) is 0 Å². The fourth-order valence-electron chi connectivity index (χ4n) is 1.40. The topological polar surface area (TPSA) is 97.1 Å². The number of carboxylic acid groups (broad SMARTS) is 1. The van der Waals surface area contributed by atoms with Crippen LogP contribution in [0, 0.1) is 5.82 Å². The molecule has 1 amide bonds. The molecule has 1 heterocycles. The molecule has 0 radical (unpaired) electrons. The SMILES string of the molecule is O=C(O)Cn1cc(C(=O)Nc2ccc(F)cc2Br)nn1. The Hall–Kier alpha value is -2.29. The normalized spacial score (nSPS) is 10.3. The van der Waals surface area contributed by atoms with E-state index in [1.165, 1.54) is 24.4 Å². The molecule has 1 aromatic heterocycles. The van der Waals surface area contributed by atoms with Gasteiger partial charge in [0.05, 0.1) is 11.9 Å². The third-order valence-corrected chi connectivity index (χ3v) is 2.90. The summed E-state index contributed by atoms with van der Waals surface area (Å²) in [6, 6.07) is 3.79. The van der Waals surface area contributed by atoms with E-state index in [4.69, 9.17) is 5.11 Å². The van der Waals surface area contributed by atoms with E-state index in [9.17, 15) is 14.0 Å². The van der Waals surface area contributed by atoms with E-state index in [0.717, 1.165) is 4.68 Å². The highest BCUT2D eigenvalue weighted by Gasteiger charge is 2.13. The molecule has 0 atom stereocenters. The number of aliphatic carboxylic acids is 1. The third-order valence-electron chi connectivity index (χ3n) is 2.25. The smallest absolute Gasteiger partial charge is 0.325 e. The summed E-state index contributed by atoms with van der Waals surface area (Å²) in [5, 5.41) is 18.2. The fourth-order valence-corrected chi connectivity index (χ4v) is 1.85. The maximum Gasteiger partial charge on any atom is 0.325 e. The van der Waals surface area contributed by atoms with E-state index in [0.29, 0.717) is 10.2 Å². The standard InChI is InChI=1S/C11H8BrFN4O3/c12-7-3-6(13)1-2-8(7)14-11(20)9-4-17(16-15-9)5-10(18)19/h1-4H,5H2,(H,14,20)(H,18,19). The zero-order valence-corrected chi connectivity index (χ0v) is 11.5. The van der Waals surface area contributed by atoms with Gasteiger partial charge in [-0.1, -0.05) is 5.21 Å². The van der Waals surface area contributed by atoms with Crippen molar-refractivity contribution in [1.29, 1.82) is 0 Å². The Morgan fingerprint density at radius 3 is 2.85 bits per heavy atom. The highest BCUT2D eigenvalue weighted by molar-refractivity contribution is 9.10. The highest BCUT2D eigenvalue weighted by atomic mass is 79.9. The first-order valence-electron chi connectivity index (χ1n) is 5.34. The van der Waals surface area contributed by atoms with Crippen molar-refractivity contribution in [3.63, 3.8) is 0 Å². The summed E-state index contributed by atoms with van der Waals surface area (Å²) in [5.41, 5.74) is 0.326. The maximum atomic E-state index is 12.9. The van der Waals surface area contributed by atoms with Crippen LogP contribution in [0.25, 0.3) is 0 Å². The van der Waals surface area contributed by atoms with E-state index in [2.05, 4.69) is 31.6 Å². The van der Waals surface area contributed by atoms with Crippen LogP contribution in [-0.2, 0) is 11.3 Å². The van der Waals surface area contributed by atoms with Crippen molar-refractivity contribution in [2.24, 2.45) is 0 Å². The minimum absolute atomic E-state index is 0.0394. The number of carboxylic acids is 1. The number of rotatable bonds is 4. The first-order chi connectivity index (χ1) is 9.45. The molecule has 0 saturated heterocycles. The van der Waals surface area contributed by atoms with Gasteiger partial charge in [-0.2, -0.15) is 0 Å². The van der Waals surface area contributed by atoms with Crippen molar-refractivity contribution < 1.29 is 19.1 Å². The molecule has 0 aliphatic carbocycles. The summed E-state index contributed by atoms with van der Waals surface area (Å²) in [4.78, 5) is 22.3. The van der Waals surface area contributed by atoms with E-state index < -0.39 is 17.7 Å². The largest absolute Gasteiger partial charge is 0.480 e. The Kier molecular flexibility index (Phi) is 4.08. The molecule has 2 N–H and O–H groups in total. The molecular formula is C11H8BrFN4O3. The fraction of sp³-hybridized carbons (Fsp3) is 0.0909. The summed E-state index contributed by atoms with van der Waals surface area (Å²) in [6.07, 6.45) is 1.21. The van der Waals surface area contributed by atoms with Crippen molar-refractivity contribution in [3.8, 4) is 0 Å². The van der Waals surface area contributed by atoms with Gasteiger partial charge in [0, 0.05) is 4.47 Å². The van der Waals surface area contributed by atoms with Crippen molar-refractivity contribution in [3.05, 3.63) is 40.4 Å². The molecule has 104 valence electrons. The minimum atomic E-state index is -1.09. The summed E-state index contributed by atoms with van der Waals surface area (Å²) in [7, 11) is 0. The van der Waals surface area contributed by atoms with Gasteiger partial charge in [-0.25, -0.2) is 9.07 Å². The second-order valence-electron chi connectivity index (χ2n) is 3.77. The lowest BCUT2D eigenvalue weighted by Crippen LogP contribution is -2.13. The van der Waals surface area contributed by atoms with Crippen LogP contribution in [0.1, 0.15) is 10.5 Å². The molecule has 9 heteroatoms. The zero-order chi connectivity index (χ0) is 14.7. The van der Waals surface area contributed by atoms with Gasteiger partial charge in [0.15, 0.2) is 5.69 Å². The van der Waals surface area contributed by atoms with Crippen molar-refractivity contribution in [2.75, 3.05) is 5.32 Å². The van der Waals surface area contributed by atoms with E-state index >= 15 is 0 Å². The molecule has 2 rings (SSSR count). The van der Waals surface area contributed by atoms with E-state index in [1.807, 2.05) is 0 Å². The predicted molar refractivity (Wildman–Crippen MR) is 69.7 cm³/mol. The molecule has 0 bridgehead atoms. The lowest BCUT2D eigenvalue weighted by molar-refractivity contribution is -0.137. The van der Waals surface area contributed by atoms with Gasteiger partial charge < -0.3 is 10.4 Å². The van der Waals surface area contributed by atoms with Crippen LogP contribution in [0.15, 0.2) is 28.9 Å². The lowest BCUT2D eigenvalue weighted by Gasteiger charge is -2.05. The molecule has 20 heavy (non-hydrogen) atoms. The highest BCUT2D eigenvalue weighted by Crippen LogP contribution is 2.23. The molecule has 0 saturated carbocycles. The predicted octanol–water partition coefficient (Wildman–Crippen LogP) is 1.52. The third kappa shape index (κ3) is 3.38. The van der Waals surface area contributed by atoms with Crippen molar-refractivity contribution in [1.82, 2.24) is 15.0 Å². The molecule has 2 aromatic rings. The summed E-state index contributed by atoms with van der Waals surface area (Å²) < 4.78 is 14.3. The Morgan fingerprint density at radius 1 is 1.45 bits per heavy atom. The molecule has 0 unspecified atom stereocenters. The monoisotopic (exact) mass is 342 g/mol. The average Bonchev–Trinajstić information content (AvgIpc) is 2.80. The summed E-state index contributed by atoms with van der Waals surface area (Å²) >= 11 is 3.11. The van der Waals surface area contributed by atoms with Crippen LogP contribution >= 0.6 is 15.9 Å². The molecular weight excluding hydrogens is 335 g/mol. The van der Waals surface area contributed by atoms with Gasteiger partial charge in [0.2, 0.25) is 0 Å². The number of benzene rings is 1. The maximum absolute atomic E-state index is 12.9. The van der Waals surface area contributed by atoms with Crippen LogP contribution < -0.4 is 5.32 Å². The quantitative estimate of drug-likeness (QED) is 0.877. The first-order valence-corrected chi connectivity index (χ1v) is 6.13. The Labute approximate surface area is 120 Å². The minimum Gasteiger partial charge on any atom is -0.480 e. The van der Waals surface area contributed by atoms with Gasteiger partial charge in [-0.3, -0.25) is 9.59 Å². The number of carbonyl (C=O) groups is 2. The van der Waals surface area contributed by atoms with Gasteiger partial charge in [-0.15, -0.1) is 5.10 Å². The Balaban J connectivity index is 2.11. The van der Waals surface area contributed by atoms with E-state index in [1.54, 1.807) is 0 Å².